The van der Waals surface area contributed by atoms with Gasteiger partial charge < -0.3 is 9.47 Å². The van der Waals surface area contributed by atoms with Crippen molar-refractivity contribution in [1.82, 2.24) is 5.43 Å². The van der Waals surface area contributed by atoms with E-state index in [1.807, 2.05) is 6.92 Å². The van der Waals surface area contributed by atoms with Crippen LogP contribution in [0.4, 0.5) is 0 Å². The first kappa shape index (κ1) is 18.1. The third-order valence-corrected chi connectivity index (χ3v) is 3.58. The minimum atomic E-state index is -0.353. The van der Waals surface area contributed by atoms with Crippen LogP contribution >= 0.6 is 23.2 Å². The first-order valence-electron chi connectivity index (χ1n) is 7.14. The molecule has 0 unspecified atom stereocenters. The van der Waals surface area contributed by atoms with E-state index in [2.05, 4.69) is 10.5 Å². The van der Waals surface area contributed by atoms with Crippen LogP contribution in [0.5, 0.6) is 11.5 Å². The van der Waals surface area contributed by atoms with Crippen molar-refractivity contribution in [3.63, 3.8) is 0 Å². The zero-order valence-corrected chi connectivity index (χ0v) is 14.7. The molecule has 2 rings (SSSR count). The van der Waals surface area contributed by atoms with Crippen molar-refractivity contribution in [1.29, 1.82) is 0 Å². The van der Waals surface area contributed by atoms with E-state index in [9.17, 15) is 4.79 Å². The van der Waals surface area contributed by atoms with Crippen LogP contribution in [0.3, 0.4) is 0 Å². The van der Waals surface area contributed by atoms with E-state index in [4.69, 9.17) is 32.7 Å². The van der Waals surface area contributed by atoms with Crippen molar-refractivity contribution < 1.29 is 14.3 Å². The Kier molecular flexibility index (Phi) is 6.46. The molecule has 1 amide bonds. The molecule has 0 saturated carbocycles. The van der Waals surface area contributed by atoms with Gasteiger partial charge in [0, 0.05) is 5.56 Å². The normalized spacial score (nSPS) is 10.7. The lowest BCUT2D eigenvalue weighted by Crippen LogP contribution is -2.17. The number of ether oxygens (including phenoxy) is 2. The van der Waals surface area contributed by atoms with Gasteiger partial charge in [0.15, 0.2) is 5.75 Å². The average Bonchev–Trinajstić information content (AvgIpc) is 2.58. The Morgan fingerprint density at radius 1 is 1.25 bits per heavy atom. The molecule has 0 aliphatic rings. The van der Waals surface area contributed by atoms with Gasteiger partial charge in [-0.25, -0.2) is 5.43 Å². The number of nitrogens with zero attached hydrogens (tertiary/aromatic N) is 1. The summed E-state index contributed by atoms with van der Waals surface area (Å²) >= 11 is 12.2. The number of hydrogen-bond donors (Lipinski definition) is 1. The molecular weight excluding hydrogens is 351 g/mol. The number of benzene rings is 2. The summed E-state index contributed by atoms with van der Waals surface area (Å²) in [4.78, 5) is 12.0. The van der Waals surface area contributed by atoms with Gasteiger partial charge in [-0.2, -0.15) is 5.10 Å². The van der Waals surface area contributed by atoms with Crippen LogP contribution < -0.4 is 14.9 Å². The number of carbonyl (C=O) groups is 1. The molecule has 0 saturated heterocycles. The van der Waals surface area contributed by atoms with Gasteiger partial charge in [0.1, 0.15) is 5.75 Å². The Morgan fingerprint density at radius 3 is 2.58 bits per heavy atom. The SMILES string of the molecule is CCOc1c(Cl)cc(/C=N/NC(=O)c2cccc(OC)c2)cc1Cl. The van der Waals surface area contributed by atoms with Crippen LogP contribution in [0.25, 0.3) is 0 Å². The highest BCUT2D eigenvalue weighted by molar-refractivity contribution is 6.37. The standard InChI is InChI=1S/C17H16Cl2N2O3/c1-3-24-16-14(18)7-11(8-15(16)19)10-20-21-17(22)12-5-4-6-13(9-12)23-2/h4-10H,3H2,1-2H3,(H,21,22)/b20-10+. The first-order chi connectivity index (χ1) is 11.5. The van der Waals surface area contributed by atoms with E-state index >= 15 is 0 Å². The Bertz CT molecular complexity index is 740. The van der Waals surface area contributed by atoms with Crippen LogP contribution in [-0.2, 0) is 0 Å². The first-order valence-corrected chi connectivity index (χ1v) is 7.90. The van der Waals surface area contributed by atoms with Crippen LogP contribution in [-0.4, -0.2) is 25.8 Å². The van der Waals surface area contributed by atoms with Gasteiger partial charge >= 0.3 is 0 Å². The summed E-state index contributed by atoms with van der Waals surface area (Å²) in [6.07, 6.45) is 1.45. The number of methoxy groups -OCH3 is 1. The summed E-state index contributed by atoms with van der Waals surface area (Å²) in [5.41, 5.74) is 3.51. The Morgan fingerprint density at radius 2 is 1.96 bits per heavy atom. The number of hydrazone groups is 1. The van der Waals surface area contributed by atoms with Gasteiger partial charge in [-0.1, -0.05) is 29.3 Å². The maximum atomic E-state index is 12.0. The average molecular weight is 367 g/mol. The molecule has 0 radical (unpaired) electrons. The molecule has 0 fully saturated rings. The Balaban J connectivity index is 2.07. The number of hydrogen-bond acceptors (Lipinski definition) is 4. The minimum Gasteiger partial charge on any atom is -0.497 e. The third-order valence-electron chi connectivity index (χ3n) is 3.02. The van der Waals surface area contributed by atoms with E-state index in [1.54, 1.807) is 36.4 Å². The van der Waals surface area contributed by atoms with Crippen molar-refractivity contribution in [3.05, 3.63) is 57.6 Å². The second kappa shape index (κ2) is 8.57. The minimum absolute atomic E-state index is 0.353. The Labute approximate surface area is 150 Å². The zero-order valence-electron chi connectivity index (χ0n) is 13.2. The lowest BCUT2D eigenvalue weighted by Gasteiger charge is -2.08. The van der Waals surface area contributed by atoms with Crippen molar-refractivity contribution >= 4 is 35.3 Å². The van der Waals surface area contributed by atoms with Crippen LogP contribution in [0, 0.1) is 0 Å². The van der Waals surface area contributed by atoms with Crippen molar-refractivity contribution in [2.45, 2.75) is 6.92 Å². The molecule has 7 heteroatoms. The number of carbonyl (C=O) groups excluding carboxylic acids is 1. The molecule has 126 valence electrons. The Hall–Kier alpha value is -2.24. The van der Waals surface area contributed by atoms with Crippen LogP contribution in [0.15, 0.2) is 41.5 Å². The van der Waals surface area contributed by atoms with Gasteiger partial charge in [-0.15, -0.1) is 0 Å². The summed E-state index contributed by atoms with van der Waals surface area (Å²) in [5.74, 6) is 0.670. The molecule has 2 aromatic carbocycles. The molecule has 0 bridgehead atoms. The molecule has 2 aromatic rings. The van der Waals surface area contributed by atoms with E-state index in [-0.39, 0.29) is 5.91 Å². The monoisotopic (exact) mass is 366 g/mol. The molecule has 0 spiro atoms. The smallest absolute Gasteiger partial charge is 0.271 e. The lowest BCUT2D eigenvalue weighted by atomic mass is 10.2. The number of nitrogens with one attached hydrogen (secondary N) is 1. The fourth-order valence-electron chi connectivity index (χ4n) is 1.93. The van der Waals surface area contributed by atoms with Gasteiger partial charge in [0.2, 0.25) is 0 Å². The highest BCUT2D eigenvalue weighted by atomic mass is 35.5. The predicted octanol–water partition coefficient (Wildman–Crippen LogP) is 4.16. The van der Waals surface area contributed by atoms with Gasteiger partial charge in [0.25, 0.3) is 5.91 Å². The maximum absolute atomic E-state index is 12.0. The highest BCUT2D eigenvalue weighted by Crippen LogP contribution is 2.33. The number of amides is 1. The lowest BCUT2D eigenvalue weighted by molar-refractivity contribution is 0.0955. The number of rotatable bonds is 6. The molecule has 0 atom stereocenters. The fraction of sp³-hybridized carbons (Fsp3) is 0.176. The topological polar surface area (TPSA) is 59.9 Å². The zero-order chi connectivity index (χ0) is 17.5. The van der Waals surface area contributed by atoms with Crippen molar-refractivity contribution in [2.24, 2.45) is 5.10 Å². The van der Waals surface area contributed by atoms with E-state index in [0.717, 1.165) is 0 Å². The molecule has 1 N–H and O–H groups in total. The summed E-state index contributed by atoms with van der Waals surface area (Å²) in [5, 5.41) is 4.67. The second-order valence-corrected chi connectivity index (χ2v) is 5.49. The molecule has 0 heterocycles. The maximum Gasteiger partial charge on any atom is 0.271 e. The van der Waals surface area contributed by atoms with Crippen LogP contribution in [0.2, 0.25) is 10.0 Å². The predicted molar refractivity (Wildman–Crippen MR) is 95.7 cm³/mol. The largest absolute Gasteiger partial charge is 0.497 e. The summed E-state index contributed by atoms with van der Waals surface area (Å²) in [6.45, 7) is 2.31. The van der Waals surface area contributed by atoms with Gasteiger partial charge in [-0.05, 0) is 42.8 Å². The van der Waals surface area contributed by atoms with Gasteiger partial charge in [0.05, 0.1) is 30.0 Å². The summed E-state index contributed by atoms with van der Waals surface area (Å²) < 4.78 is 10.4. The van der Waals surface area contributed by atoms with E-state index in [1.165, 1.54) is 13.3 Å². The molecular formula is C17H16Cl2N2O3. The number of halogens is 2. The molecule has 0 aliphatic carbocycles. The molecule has 0 aromatic heterocycles. The van der Waals surface area contributed by atoms with Crippen LogP contribution in [0.1, 0.15) is 22.8 Å². The summed E-state index contributed by atoms with van der Waals surface area (Å²) in [6, 6.07) is 10.1. The third kappa shape index (κ3) is 4.63. The van der Waals surface area contributed by atoms with Crippen molar-refractivity contribution in [3.8, 4) is 11.5 Å². The highest BCUT2D eigenvalue weighted by Gasteiger charge is 2.09. The second-order valence-electron chi connectivity index (χ2n) is 4.68. The van der Waals surface area contributed by atoms with Crippen molar-refractivity contribution in [2.75, 3.05) is 13.7 Å². The fourth-order valence-corrected chi connectivity index (χ4v) is 2.54. The molecule has 5 nitrogen and oxygen atoms in total. The molecule has 0 aliphatic heterocycles. The van der Waals surface area contributed by atoms with Gasteiger partial charge in [-0.3, -0.25) is 4.79 Å². The summed E-state index contributed by atoms with van der Waals surface area (Å²) in [7, 11) is 1.54. The quantitative estimate of drug-likeness (QED) is 0.616. The van der Waals surface area contributed by atoms with E-state index in [0.29, 0.717) is 39.3 Å². The molecule has 24 heavy (non-hydrogen) atoms. The van der Waals surface area contributed by atoms with E-state index < -0.39 is 0 Å².